The van der Waals surface area contributed by atoms with Gasteiger partial charge in [0.15, 0.2) is 0 Å². The van der Waals surface area contributed by atoms with E-state index in [-0.39, 0.29) is 24.3 Å². The second-order valence-corrected chi connectivity index (χ2v) is 7.88. The molecule has 0 bridgehead atoms. The van der Waals surface area contributed by atoms with E-state index in [1.807, 2.05) is 0 Å². The number of ether oxygens (including phenoxy) is 1. The summed E-state index contributed by atoms with van der Waals surface area (Å²) in [6.45, 7) is 5.55. The number of hydrogen-bond acceptors (Lipinski definition) is 3. The predicted octanol–water partition coefficient (Wildman–Crippen LogP) is 4.63. The molecule has 0 atom stereocenters. The molecule has 1 aliphatic heterocycles. The maximum atomic E-state index is 14.4. The summed E-state index contributed by atoms with van der Waals surface area (Å²) in [7, 11) is 0. The number of pyridine rings is 1. The monoisotopic (exact) mass is 424 g/mol. The first-order valence-electron chi connectivity index (χ1n) is 9.12. The maximum Gasteiger partial charge on any atom is 0.416 e. The van der Waals surface area contributed by atoms with Gasteiger partial charge in [0.1, 0.15) is 11.4 Å². The van der Waals surface area contributed by atoms with Gasteiger partial charge in [0.2, 0.25) is 0 Å². The highest BCUT2D eigenvalue weighted by atomic mass is 19.4. The van der Waals surface area contributed by atoms with E-state index in [4.69, 9.17) is 4.74 Å². The number of alkyl halides is 3. The molecule has 0 saturated heterocycles. The average Bonchev–Trinajstić information content (AvgIpc) is 3.10. The van der Waals surface area contributed by atoms with Gasteiger partial charge in [-0.2, -0.15) is 13.2 Å². The molecule has 30 heavy (non-hydrogen) atoms. The van der Waals surface area contributed by atoms with E-state index in [2.05, 4.69) is 0 Å². The topological polar surface area (TPSA) is 51.5 Å². The van der Waals surface area contributed by atoms with E-state index in [0.717, 1.165) is 22.9 Å². The molecule has 0 spiro atoms. The number of amides is 1. The summed E-state index contributed by atoms with van der Waals surface area (Å²) in [6.07, 6.45) is -2.50. The van der Waals surface area contributed by atoms with E-state index < -0.39 is 34.8 Å². The van der Waals surface area contributed by atoms with Gasteiger partial charge in [0.05, 0.1) is 5.56 Å². The largest absolute Gasteiger partial charge is 0.444 e. The third-order valence-corrected chi connectivity index (χ3v) is 4.39. The Bertz CT molecular complexity index is 1070. The number of carbonyl (C=O) groups excluding carboxylic acids is 1. The molecule has 1 aromatic carbocycles. The van der Waals surface area contributed by atoms with Crippen molar-refractivity contribution in [1.29, 1.82) is 0 Å². The fourth-order valence-electron chi connectivity index (χ4n) is 2.99. The molecule has 1 aliphatic rings. The Balaban J connectivity index is 1.87. The molecule has 2 aromatic rings. The smallest absolute Gasteiger partial charge is 0.416 e. The van der Waals surface area contributed by atoms with Crippen LogP contribution >= 0.6 is 0 Å². The standard InChI is InChI=1S/C21H20F4N2O3/c1-20(2,3)30-19(29)26-8-6-13(12-26)16-11-15(4-5-17(16)22)27-9-7-14(10-18(27)28)21(23,24)25/h4-7,9-11H,8,12H2,1-3H3. The van der Waals surface area contributed by atoms with Crippen LogP contribution in [0.5, 0.6) is 0 Å². The van der Waals surface area contributed by atoms with Gasteiger partial charge < -0.3 is 9.64 Å². The molecule has 0 unspecified atom stereocenters. The highest BCUT2D eigenvalue weighted by Gasteiger charge is 2.31. The van der Waals surface area contributed by atoms with Crippen molar-refractivity contribution in [2.24, 2.45) is 0 Å². The zero-order valence-corrected chi connectivity index (χ0v) is 16.6. The Labute approximate surface area is 170 Å². The Hall–Kier alpha value is -3.10. The summed E-state index contributed by atoms with van der Waals surface area (Å²) in [5.74, 6) is -0.573. The number of nitrogens with zero attached hydrogens (tertiary/aromatic N) is 2. The summed E-state index contributed by atoms with van der Waals surface area (Å²) in [5, 5.41) is 0. The van der Waals surface area contributed by atoms with Crippen LogP contribution in [0, 0.1) is 5.82 Å². The fraction of sp³-hybridized carbons (Fsp3) is 0.333. The lowest BCUT2D eigenvalue weighted by Gasteiger charge is -2.24. The maximum absolute atomic E-state index is 14.4. The molecule has 0 N–H and O–H groups in total. The van der Waals surface area contributed by atoms with Crippen molar-refractivity contribution in [2.45, 2.75) is 32.5 Å². The van der Waals surface area contributed by atoms with Gasteiger partial charge in [0.25, 0.3) is 5.56 Å². The van der Waals surface area contributed by atoms with E-state index in [1.54, 1.807) is 26.8 Å². The molecule has 1 aromatic heterocycles. The van der Waals surface area contributed by atoms with Gasteiger partial charge in [0, 0.05) is 36.6 Å². The number of halogens is 4. The van der Waals surface area contributed by atoms with Crippen molar-refractivity contribution < 1.29 is 27.1 Å². The lowest BCUT2D eigenvalue weighted by atomic mass is 10.1. The van der Waals surface area contributed by atoms with Gasteiger partial charge in [-0.15, -0.1) is 0 Å². The zero-order chi connectivity index (χ0) is 22.3. The fourth-order valence-corrected chi connectivity index (χ4v) is 2.99. The Kier molecular flexibility index (Phi) is 5.49. The minimum Gasteiger partial charge on any atom is -0.444 e. The second-order valence-electron chi connectivity index (χ2n) is 7.88. The lowest BCUT2D eigenvalue weighted by molar-refractivity contribution is -0.137. The van der Waals surface area contributed by atoms with Crippen LogP contribution in [0.3, 0.4) is 0 Å². The third-order valence-electron chi connectivity index (χ3n) is 4.39. The number of aromatic nitrogens is 1. The second kappa shape index (κ2) is 7.62. The molecule has 9 heteroatoms. The molecule has 0 fully saturated rings. The minimum atomic E-state index is -4.63. The van der Waals surface area contributed by atoms with Gasteiger partial charge >= 0.3 is 12.3 Å². The van der Waals surface area contributed by atoms with Crippen LogP contribution in [-0.2, 0) is 10.9 Å². The Morgan fingerprint density at radius 2 is 1.80 bits per heavy atom. The Morgan fingerprint density at radius 3 is 2.40 bits per heavy atom. The molecule has 160 valence electrons. The highest BCUT2D eigenvalue weighted by molar-refractivity contribution is 5.78. The molecule has 3 rings (SSSR count). The summed E-state index contributed by atoms with van der Waals surface area (Å²) in [4.78, 5) is 25.8. The van der Waals surface area contributed by atoms with Crippen molar-refractivity contribution in [3.8, 4) is 5.69 Å². The van der Waals surface area contributed by atoms with Crippen LogP contribution in [0.4, 0.5) is 22.4 Å². The minimum absolute atomic E-state index is 0.108. The average molecular weight is 424 g/mol. The van der Waals surface area contributed by atoms with E-state index in [9.17, 15) is 27.2 Å². The van der Waals surface area contributed by atoms with Crippen molar-refractivity contribution in [2.75, 3.05) is 13.1 Å². The van der Waals surface area contributed by atoms with Crippen LogP contribution in [0.2, 0.25) is 0 Å². The number of carbonyl (C=O) groups is 1. The molecule has 2 heterocycles. The molecule has 5 nitrogen and oxygen atoms in total. The quantitative estimate of drug-likeness (QED) is 0.661. The van der Waals surface area contributed by atoms with Crippen molar-refractivity contribution in [3.05, 3.63) is 69.9 Å². The molecule has 0 radical (unpaired) electrons. The van der Waals surface area contributed by atoms with Gasteiger partial charge in [-0.3, -0.25) is 9.36 Å². The van der Waals surface area contributed by atoms with Crippen LogP contribution < -0.4 is 5.56 Å². The molecular formula is C21H20F4N2O3. The first-order valence-corrected chi connectivity index (χ1v) is 9.12. The van der Waals surface area contributed by atoms with Crippen molar-refractivity contribution in [1.82, 2.24) is 9.47 Å². The first-order chi connectivity index (χ1) is 13.8. The predicted molar refractivity (Wildman–Crippen MR) is 103 cm³/mol. The van der Waals surface area contributed by atoms with Crippen molar-refractivity contribution in [3.63, 3.8) is 0 Å². The number of benzene rings is 1. The molecule has 0 saturated carbocycles. The molecule has 0 aliphatic carbocycles. The summed E-state index contributed by atoms with van der Waals surface area (Å²) in [6, 6.07) is 5.07. The first kappa shape index (κ1) is 21.6. The van der Waals surface area contributed by atoms with Crippen LogP contribution in [0.25, 0.3) is 11.3 Å². The highest BCUT2D eigenvalue weighted by Crippen LogP contribution is 2.29. The van der Waals surface area contributed by atoms with Crippen molar-refractivity contribution >= 4 is 11.7 Å². The van der Waals surface area contributed by atoms with Crippen LogP contribution in [0.15, 0.2) is 47.4 Å². The normalized spacial score (nSPS) is 14.6. The van der Waals surface area contributed by atoms with Gasteiger partial charge in [-0.05, 0) is 50.6 Å². The molecule has 1 amide bonds. The van der Waals surface area contributed by atoms with E-state index in [0.29, 0.717) is 11.6 Å². The van der Waals surface area contributed by atoms with Crippen LogP contribution in [-0.4, -0.2) is 34.3 Å². The molecular weight excluding hydrogens is 404 g/mol. The summed E-state index contributed by atoms with van der Waals surface area (Å²) < 4.78 is 59.1. The third kappa shape index (κ3) is 4.72. The summed E-state index contributed by atoms with van der Waals surface area (Å²) in [5.41, 5.74) is -1.74. The SMILES string of the molecule is CC(C)(C)OC(=O)N1CC=C(c2cc(-n3ccc(C(F)(F)F)cc3=O)ccc2F)C1. The van der Waals surface area contributed by atoms with Gasteiger partial charge in [-0.25, -0.2) is 9.18 Å². The lowest BCUT2D eigenvalue weighted by Crippen LogP contribution is -2.35. The van der Waals surface area contributed by atoms with E-state index in [1.165, 1.54) is 17.0 Å². The number of rotatable bonds is 2. The zero-order valence-electron chi connectivity index (χ0n) is 16.6. The number of hydrogen-bond donors (Lipinski definition) is 0. The van der Waals surface area contributed by atoms with Gasteiger partial charge in [-0.1, -0.05) is 6.08 Å². The Morgan fingerprint density at radius 1 is 1.10 bits per heavy atom. The van der Waals surface area contributed by atoms with E-state index >= 15 is 0 Å². The summed E-state index contributed by atoms with van der Waals surface area (Å²) >= 11 is 0. The van der Waals surface area contributed by atoms with Crippen LogP contribution in [0.1, 0.15) is 31.9 Å².